The lowest BCUT2D eigenvalue weighted by Gasteiger charge is -1.95. The molecule has 0 saturated heterocycles. The highest BCUT2D eigenvalue weighted by molar-refractivity contribution is 7.18. The highest BCUT2D eigenvalue weighted by Gasteiger charge is 2.11. The van der Waals surface area contributed by atoms with Crippen LogP contribution in [0.4, 0.5) is 5.69 Å². The van der Waals surface area contributed by atoms with E-state index in [1.165, 1.54) is 34.1 Å². The molecule has 0 amide bonds. The van der Waals surface area contributed by atoms with Crippen molar-refractivity contribution in [3.05, 3.63) is 67.1 Å². The minimum absolute atomic E-state index is 0.00415. The van der Waals surface area contributed by atoms with Gasteiger partial charge in [0.2, 0.25) is 4.96 Å². The molecule has 1 aromatic carbocycles. The molecule has 0 atom stereocenters. The van der Waals surface area contributed by atoms with Crippen LogP contribution in [0.5, 0.6) is 0 Å². The number of halogens is 1. The molecule has 0 N–H and O–H groups in total. The lowest BCUT2D eigenvalue weighted by atomic mass is 10.2. The minimum Gasteiger partial charge on any atom is -0.267 e. The maximum atomic E-state index is 11.8. The third-order valence-corrected chi connectivity index (χ3v) is 4.32. The second-order valence-electron chi connectivity index (χ2n) is 4.68. The number of hydrogen-bond donors (Lipinski definition) is 0. The van der Waals surface area contributed by atoms with Gasteiger partial charge in [0.15, 0.2) is 5.01 Å². The van der Waals surface area contributed by atoms with E-state index in [-0.39, 0.29) is 11.2 Å². The summed E-state index contributed by atoms with van der Waals surface area (Å²) in [7, 11) is 0. The van der Waals surface area contributed by atoms with Crippen molar-refractivity contribution in [3.8, 4) is 0 Å². The third kappa shape index (κ3) is 3.13. The number of nitro benzene ring substituents is 1. The topological polar surface area (TPSA) is 90.4 Å². The average molecular weight is 349 g/mol. The fourth-order valence-corrected chi connectivity index (χ4v) is 3.06. The Labute approximate surface area is 138 Å². The Bertz CT molecular complexity index is 991. The van der Waals surface area contributed by atoms with Crippen molar-refractivity contribution in [1.29, 1.82) is 0 Å². The summed E-state index contributed by atoms with van der Waals surface area (Å²) in [5.41, 5.74) is 1.04. The van der Waals surface area contributed by atoms with Gasteiger partial charge in [0.05, 0.1) is 9.96 Å². The first-order valence-electron chi connectivity index (χ1n) is 6.43. The van der Waals surface area contributed by atoms with Crippen molar-refractivity contribution in [2.45, 2.75) is 6.92 Å². The van der Waals surface area contributed by atoms with Gasteiger partial charge in [0.1, 0.15) is 0 Å². The molecule has 23 heavy (non-hydrogen) atoms. The maximum Gasteiger partial charge on any atom is 0.275 e. The second-order valence-corrected chi connectivity index (χ2v) is 6.04. The summed E-state index contributed by atoms with van der Waals surface area (Å²) in [6.45, 7) is 1.73. The largest absolute Gasteiger partial charge is 0.275 e. The van der Waals surface area contributed by atoms with Gasteiger partial charge in [-0.2, -0.15) is 9.61 Å². The Balaban J connectivity index is 1.99. The van der Waals surface area contributed by atoms with E-state index in [4.69, 9.17) is 11.6 Å². The lowest BCUT2D eigenvalue weighted by Crippen LogP contribution is -2.14. The molecule has 0 fully saturated rings. The molecule has 7 nitrogen and oxygen atoms in total. The first kappa shape index (κ1) is 15.3. The number of benzene rings is 1. The number of nitro groups is 1. The summed E-state index contributed by atoms with van der Waals surface area (Å²) < 4.78 is 1.19. The Hall–Kier alpha value is -2.58. The van der Waals surface area contributed by atoms with Crippen molar-refractivity contribution in [2.75, 3.05) is 0 Å². The molecule has 116 valence electrons. The number of aryl methyl sites for hydroxylation is 1. The Morgan fingerprint density at radius 2 is 2.09 bits per heavy atom. The highest BCUT2D eigenvalue weighted by atomic mass is 35.5. The van der Waals surface area contributed by atoms with Gasteiger partial charge in [-0.1, -0.05) is 22.9 Å². The van der Waals surface area contributed by atoms with Crippen LogP contribution in [-0.2, 0) is 0 Å². The van der Waals surface area contributed by atoms with Crippen LogP contribution >= 0.6 is 22.9 Å². The van der Waals surface area contributed by atoms with Crippen LogP contribution < -0.4 is 5.56 Å². The normalized spacial score (nSPS) is 11.8. The van der Waals surface area contributed by atoms with Gasteiger partial charge < -0.3 is 0 Å². The zero-order valence-electron chi connectivity index (χ0n) is 11.8. The smallest absolute Gasteiger partial charge is 0.267 e. The van der Waals surface area contributed by atoms with Crippen LogP contribution in [0, 0.1) is 17.0 Å². The molecule has 0 aliphatic carbocycles. The average Bonchev–Trinajstić information content (AvgIpc) is 2.92. The van der Waals surface area contributed by atoms with Crippen LogP contribution in [0.25, 0.3) is 16.1 Å². The van der Waals surface area contributed by atoms with Gasteiger partial charge in [0, 0.05) is 23.9 Å². The van der Waals surface area contributed by atoms with Crippen LogP contribution in [0.3, 0.4) is 0 Å². The van der Waals surface area contributed by atoms with Crippen LogP contribution in [0.1, 0.15) is 16.3 Å². The molecule has 0 radical (unpaired) electrons. The fraction of sp³-hybridized carbons (Fsp3) is 0.0714. The second kappa shape index (κ2) is 5.90. The number of rotatable bonds is 3. The van der Waals surface area contributed by atoms with Gasteiger partial charge in [-0.15, -0.1) is 0 Å². The predicted molar refractivity (Wildman–Crippen MR) is 88.7 cm³/mol. The molecule has 2 heterocycles. The van der Waals surface area contributed by atoms with E-state index in [0.29, 0.717) is 26.3 Å². The van der Waals surface area contributed by atoms with Crippen LogP contribution in [-0.4, -0.2) is 19.5 Å². The van der Waals surface area contributed by atoms with E-state index in [0.717, 1.165) is 0 Å². The van der Waals surface area contributed by atoms with Gasteiger partial charge in [-0.25, -0.2) is 4.98 Å². The first-order valence-corrected chi connectivity index (χ1v) is 7.63. The molecule has 0 saturated carbocycles. The molecular formula is C14H9ClN4O3S. The molecule has 0 aliphatic rings. The highest BCUT2D eigenvalue weighted by Crippen LogP contribution is 2.26. The summed E-state index contributed by atoms with van der Waals surface area (Å²) in [6, 6.07) is 7.35. The molecule has 3 rings (SSSR count). The summed E-state index contributed by atoms with van der Waals surface area (Å²) in [5.74, 6) is 0. The first-order chi connectivity index (χ1) is 10.9. The van der Waals surface area contributed by atoms with Crippen molar-refractivity contribution < 1.29 is 4.92 Å². The zero-order valence-corrected chi connectivity index (χ0v) is 13.3. The third-order valence-electron chi connectivity index (χ3n) is 2.97. The van der Waals surface area contributed by atoms with E-state index in [1.807, 2.05) is 0 Å². The van der Waals surface area contributed by atoms with E-state index in [9.17, 15) is 14.9 Å². The fourth-order valence-electron chi connectivity index (χ4n) is 1.92. The van der Waals surface area contributed by atoms with Crippen molar-refractivity contribution >= 4 is 44.7 Å². The van der Waals surface area contributed by atoms with Crippen molar-refractivity contribution in [2.24, 2.45) is 0 Å². The standard InChI is InChI=1S/C14H9ClN4O3S/c1-8-6-12(20)18-14(16-8)23-13(17-18)11(15)7-9-2-4-10(5-3-9)19(21)22/h2-7H,1H3/b11-7-. The van der Waals surface area contributed by atoms with E-state index in [2.05, 4.69) is 10.1 Å². The number of aromatic nitrogens is 3. The predicted octanol–water partition coefficient (Wildman–Crippen LogP) is 3.10. The van der Waals surface area contributed by atoms with E-state index >= 15 is 0 Å². The molecule has 3 aromatic rings. The maximum absolute atomic E-state index is 11.8. The summed E-state index contributed by atoms with van der Waals surface area (Å²) in [6.07, 6.45) is 1.63. The number of hydrogen-bond acceptors (Lipinski definition) is 6. The van der Waals surface area contributed by atoms with Gasteiger partial charge in [0.25, 0.3) is 11.2 Å². The Kier molecular flexibility index (Phi) is 3.93. The number of nitrogens with zero attached hydrogens (tertiary/aromatic N) is 4. The summed E-state index contributed by atoms with van der Waals surface area (Å²) in [4.78, 5) is 26.7. The molecule has 0 unspecified atom stereocenters. The number of non-ortho nitro benzene ring substituents is 1. The molecule has 2 aromatic heterocycles. The molecule has 0 bridgehead atoms. The van der Waals surface area contributed by atoms with E-state index in [1.54, 1.807) is 25.1 Å². The summed E-state index contributed by atoms with van der Waals surface area (Å²) in [5, 5.41) is 15.5. The van der Waals surface area contributed by atoms with E-state index < -0.39 is 4.92 Å². The SMILES string of the molecule is Cc1cc(=O)n2nc(/C(Cl)=C/c3ccc([N+](=O)[O-])cc3)sc2n1. The van der Waals surface area contributed by atoms with Gasteiger partial charge in [-0.05, 0) is 30.7 Å². The van der Waals surface area contributed by atoms with Crippen molar-refractivity contribution in [1.82, 2.24) is 14.6 Å². The minimum atomic E-state index is -0.469. The van der Waals surface area contributed by atoms with Gasteiger partial charge >= 0.3 is 0 Å². The quantitative estimate of drug-likeness (QED) is 0.535. The molecule has 0 spiro atoms. The van der Waals surface area contributed by atoms with Crippen LogP contribution in [0.15, 0.2) is 35.1 Å². The monoisotopic (exact) mass is 348 g/mol. The molecular weight excluding hydrogens is 340 g/mol. The lowest BCUT2D eigenvalue weighted by molar-refractivity contribution is -0.384. The summed E-state index contributed by atoms with van der Waals surface area (Å²) >= 11 is 7.43. The Morgan fingerprint density at radius 1 is 1.39 bits per heavy atom. The van der Waals surface area contributed by atoms with Crippen LogP contribution in [0.2, 0.25) is 0 Å². The molecule has 9 heteroatoms. The Morgan fingerprint density at radius 3 is 2.74 bits per heavy atom. The van der Waals surface area contributed by atoms with Gasteiger partial charge in [-0.3, -0.25) is 14.9 Å². The molecule has 0 aliphatic heterocycles. The number of fused-ring (bicyclic) bond motifs is 1. The van der Waals surface area contributed by atoms with Crippen molar-refractivity contribution in [3.63, 3.8) is 0 Å². The zero-order chi connectivity index (χ0) is 16.6.